The molecule has 0 saturated carbocycles. The number of carbonyl (C=O) groups excluding carboxylic acids is 2. The minimum Gasteiger partial charge on any atom is -0.496 e. The number of nitrogens with one attached hydrogen (secondary N) is 2. The summed E-state index contributed by atoms with van der Waals surface area (Å²) in [6.45, 7) is 0.672. The Hall–Kier alpha value is -5.39. The van der Waals surface area contributed by atoms with Gasteiger partial charge in [-0.25, -0.2) is 9.37 Å². The van der Waals surface area contributed by atoms with Crippen LogP contribution in [-0.2, 0) is 11.3 Å². The summed E-state index contributed by atoms with van der Waals surface area (Å²) in [6.07, 6.45) is 1.55. The molecule has 0 spiro atoms. The van der Waals surface area contributed by atoms with E-state index >= 15 is 0 Å². The molecule has 4 N–H and O–H groups in total. The van der Waals surface area contributed by atoms with Crippen molar-refractivity contribution in [3.63, 3.8) is 0 Å². The number of anilines is 2. The van der Waals surface area contributed by atoms with Gasteiger partial charge in [-0.1, -0.05) is 12.1 Å². The number of aromatic nitrogens is 2. The largest absolute Gasteiger partial charge is 0.496 e. The molecule has 6 rings (SSSR count). The SMILES string of the molecule is COc1ccc2cc1-c1cccc(c1)OCC(=O)NCc1cc(F)cc(c1)O[C@@H]1CCN(c3nccc(N)n3)C[C@H]1NC2=O. The Bertz CT molecular complexity index is 1700. The summed E-state index contributed by atoms with van der Waals surface area (Å²) in [5, 5.41) is 5.88. The zero-order chi connectivity index (χ0) is 30.6. The lowest BCUT2D eigenvalue weighted by Crippen LogP contribution is -2.57. The molecule has 2 amide bonds. The van der Waals surface area contributed by atoms with Gasteiger partial charge in [0.05, 0.1) is 13.2 Å². The molecule has 3 aromatic carbocycles. The first-order valence-electron chi connectivity index (χ1n) is 14.1. The lowest BCUT2D eigenvalue weighted by atomic mass is 9.99. The maximum absolute atomic E-state index is 14.7. The van der Waals surface area contributed by atoms with Crippen LogP contribution in [0, 0.1) is 5.82 Å². The topological polar surface area (TPSA) is 141 Å². The highest BCUT2D eigenvalue weighted by atomic mass is 19.1. The molecule has 3 heterocycles. The van der Waals surface area contributed by atoms with Crippen molar-refractivity contribution in [1.82, 2.24) is 20.6 Å². The summed E-state index contributed by atoms with van der Waals surface area (Å²) < 4.78 is 32.3. The van der Waals surface area contributed by atoms with E-state index in [1.807, 2.05) is 11.0 Å². The first-order chi connectivity index (χ1) is 21.3. The monoisotopic (exact) mass is 598 g/mol. The van der Waals surface area contributed by atoms with Crippen LogP contribution in [0.5, 0.6) is 17.2 Å². The number of nitrogens with two attached hydrogens (primary N) is 1. The zero-order valence-electron chi connectivity index (χ0n) is 24.0. The first-order valence-corrected chi connectivity index (χ1v) is 14.1. The number of piperidine rings is 1. The summed E-state index contributed by atoms with van der Waals surface area (Å²) in [5.74, 6) is 0.860. The predicted molar refractivity (Wildman–Crippen MR) is 161 cm³/mol. The minimum atomic E-state index is -0.530. The highest BCUT2D eigenvalue weighted by Gasteiger charge is 2.34. The summed E-state index contributed by atoms with van der Waals surface area (Å²) in [5.41, 5.74) is 8.23. The Balaban J connectivity index is 1.38. The van der Waals surface area contributed by atoms with Gasteiger partial charge in [-0.05, 0) is 59.7 Å². The van der Waals surface area contributed by atoms with E-state index in [9.17, 15) is 14.0 Å². The third-order valence-corrected chi connectivity index (χ3v) is 7.50. The van der Waals surface area contributed by atoms with E-state index in [0.717, 1.165) is 5.56 Å². The number of nitrogens with zero attached hydrogens (tertiary/aromatic N) is 3. The Morgan fingerprint density at radius 3 is 2.77 bits per heavy atom. The van der Waals surface area contributed by atoms with Gasteiger partial charge in [0.15, 0.2) is 6.61 Å². The van der Waals surface area contributed by atoms with Crippen LogP contribution in [-0.4, -0.2) is 60.7 Å². The van der Waals surface area contributed by atoms with Gasteiger partial charge >= 0.3 is 0 Å². The van der Waals surface area contributed by atoms with Crippen molar-refractivity contribution >= 4 is 23.6 Å². The molecule has 0 radical (unpaired) electrons. The lowest BCUT2D eigenvalue weighted by molar-refractivity contribution is -0.123. The van der Waals surface area contributed by atoms with Gasteiger partial charge in [-0.15, -0.1) is 0 Å². The van der Waals surface area contributed by atoms with E-state index < -0.39 is 18.0 Å². The number of hydrogen-bond acceptors (Lipinski definition) is 9. The maximum Gasteiger partial charge on any atom is 0.258 e. The molecule has 1 aromatic heterocycles. The van der Waals surface area contributed by atoms with Gasteiger partial charge < -0.3 is 35.5 Å². The predicted octanol–water partition coefficient (Wildman–Crippen LogP) is 3.34. The molecule has 1 fully saturated rings. The van der Waals surface area contributed by atoms with Gasteiger partial charge in [-0.2, -0.15) is 4.98 Å². The minimum absolute atomic E-state index is 0.0742. The molecule has 0 aliphatic carbocycles. The molecule has 1 saturated heterocycles. The molecular formula is C32H31FN6O5. The van der Waals surface area contributed by atoms with Crippen LogP contribution < -0.4 is 35.5 Å². The number of rotatable bonds is 2. The maximum atomic E-state index is 14.7. The van der Waals surface area contributed by atoms with Crippen molar-refractivity contribution in [2.45, 2.75) is 25.1 Å². The molecule has 0 unspecified atom stereocenters. The summed E-state index contributed by atoms with van der Waals surface area (Å²) >= 11 is 0. The summed E-state index contributed by atoms with van der Waals surface area (Å²) in [7, 11) is 1.55. The number of halogens is 1. The fourth-order valence-corrected chi connectivity index (χ4v) is 5.35. The molecule has 12 heteroatoms. The number of carbonyl (C=O) groups is 2. The Labute approximate surface area is 253 Å². The van der Waals surface area contributed by atoms with E-state index in [0.29, 0.717) is 59.5 Å². The molecule has 2 aliphatic heterocycles. The van der Waals surface area contributed by atoms with Crippen LogP contribution >= 0.6 is 0 Å². The molecular weight excluding hydrogens is 567 g/mol. The zero-order valence-corrected chi connectivity index (χ0v) is 24.0. The van der Waals surface area contributed by atoms with E-state index in [1.165, 1.54) is 12.1 Å². The molecule has 2 atom stereocenters. The number of hydrogen-bond donors (Lipinski definition) is 3. The van der Waals surface area contributed by atoms with Crippen LogP contribution in [0.3, 0.4) is 0 Å². The average Bonchev–Trinajstić information content (AvgIpc) is 3.02. The van der Waals surface area contributed by atoms with Gasteiger partial charge in [0.1, 0.15) is 35.0 Å². The Kier molecular flexibility index (Phi) is 8.13. The fourth-order valence-electron chi connectivity index (χ4n) is 5.35. The van der Waals surface area contributed by atoms with Crippen LogP contribution in [0.25, 0.3) is 11.1 Å². The molecule has 6 bridgehead atoms. The van der Waals surface area contributed by atoms with Gasteiger partial charge in [0.25, 0.3) is 11.8 Å². The summed E-state index contributed by atoms with van der Waals surface area (Å²) in [4.78, 5) is 37.0. The average molecular weight is 599 g/mol. The number of nitrogen functional groups attached to an aromatic ring is 1. The molecule has 44 heavy (non-hydrogen) atoms. The van der Waals surface area contributed by atoms with E-state index in [-0.39, 0.29) is 30.7 Å². The van der Waals surface area contributed by atoms with Crippen molar-refractivity contribution < 1.29 is 28.2 Å². The van der Waals surface area contributed by atoms with Crippen molar-refractivity contribution in [3.8, 4) is 28.4 Å². The highest BCUT2D eigenvalue weighted by molar-refractivity contribution is 5.96. The van der Waals surface area contributed by atoms with Crippen molar-refractivity contribution in [3.05, 3.63) is 89.9 Å². The van der Waals surface area contributed by atoms with Gasteiger partial charge in [0, 0.05) is 49.4 Å². The normalized spacial score (nSPS) is 18.6. The highest BCUT2D eigenvalue weighted by Crippen LogP contribution is 2.33. The third kappa shape index (κ3) is 6.48. The standard InChI is InChI=1S/C32H31FN6O5/c1-42-27-6-5-21-14-25(27)20-3-2-4-23(13-20)43-18-30(40)36-16-19-11-22(33)15-24(12-19)44-28-8-10-39(17-26(28)37-31(21)41)32-35-9-7-29(34)38-32/h2-7,9,11-15,26,28H,8,10,16-18H2,1H3,(H,36,40)(H,37,41)(H2,34,35,38)/t26-,28-/m1/s1. The van der Waals surface area contributed by atoms with Crippen molar-refractivity contribution in [1.29, 1.82) is 0 Å². The summed E-state index contributed by atoms with van der Waals surface area (Å²) in [6, 6.07) is 17.7. The lowest BCUT2D eigenvalue weighted by Gasteiger charge is -2.39. The fraction of sp³-hybridized carbons (Fsp3) is 0.250. The third-order valence-electron chi connectivity index (χ3n) is 7.50. The second-order valence-corrected chi connectivity index (χ2v) is 10.6. The van der Waals surface area contributed by atoms with Crippen LogP contribution in [0.2, 0.25) is 0 Å². The van der Waals surface area contributed by atoms with Crippen LogP contribution in [0.4, 0.5) is 16.2 Å². The van der Waals surface area contributed by atoms with Crippen molar-refractivity contribution in [2.24, 2.45) is 0 Å². The Morgan fingerprint density at radius 2 is 1.93 bits per heavy atom. The number of fused-ring (bicyclic) bond motifs is 8. The number of ether oxygens (including phenoxy) is 3. The smallest absolute Gasteiger partial charge is 0.258 e. The van der Waals surface area contributed by atoms with Crippen LogP contribution in [0.15, 0.2) is 72.9 Å². The second kappa shape index (κ2) is 12.5. The Morgan fingerprint density at radius 1 is 1.05 bits per heavy atom. The quantitative estimate of drug-likeness (QED) is 0.317. The van der Waals surface area contributed by atoms with E-state index in [4.69, 9.17) is 19.9 Å². The molecule has 226 valence electrons. The molecule has 2 aliphatic rings. The van der Waals surface area contributed by atoms with Gasteiger partial charge in [-0.3, -0.25) is 9.59 Å². The first kappa shape index (κ1) is 28.7. The van der Waals surface area contributed by atoms with Crippen molar-refractivity contribution in [2.75, 3.05) is 37.4 Å². The van der Waals surface area contributed by atoms with Gasteiger partial charge in [0.2, 0.25) is 5.95 Å². The molecule has 4 aromatic rings. The van der Waals surface area contributed by atoms with Crippen LogP contribution in [0.1, 0.15) is 22.3 Å². The second-order valence-electron chi connectivity index (χ2n) is 10.6. The molecule has 11 nitrogen and oxygen atoms in total. The van der Waals surface area contributed by atoms with E-state index in [2.05, 4.69) is 20.6 Å². The number of benzene rings is 3. The number of methoxy groups -OCH3 is 1. The van der Waals surface area contributed by atoms with E-state index in [1.54, 1.807) is 61.8 Å². The number of amides is 2.